The molecule has 6 heteroatoms. The van der Waals surface area contributed by atoms with Gasteiger partial charge in [-0.25, -0.2) is 4.79 Å². The quantitative estimate of drug-likeness (QED) is 0.429. The number of hydrogen-bond donors (Lipinski definition) is 0. The second-order valence-corrected chi connectivity index (χ2v) is 9.00. The van der Waals surface area contributed by atoms with E-state index in [-0.39, 0.29) is 12.1 Å². The molecule has 1 saturated carbocycles. The summed E-state index contributed by atoms with van der Waals surface area (Å²) in [6.07, 6.45) is 9.16. The number of hydrogen-bond acceptors (Lipinski definition) is 5. The largest absolute Gasteiger partial charge is 0.445 e. The Morgan fingerprint density at radius 1 is 1.03 bits per heavy atom. The average molecular weight is 447 g/mol. The zero-order valence-electron chi connectivity index (χ0n) is 19.9. The van der Waals surface area contributed by atoms with Gasteiger partial charge >= 0.3 is 6.09 Å². The molecule has 1 aromatic rings. The minimum absolute atomic E-state index is 0.196. The Kier molecular flexibility index (Phi) is 11.3. The zero-order valence-corrected chi connectivity index (χ0v) is 19.9. The molecule has 0 aromatic heterocycles. The Balaban J connectivity index is 1.23. The van der Waals surface area contributed by atoms with E-state index >= 15 is 0 Å². The SMILES string of the molecule is CCN(C(=O)OCc1ccccc1)[C@H]1CC[C@H](OCCCCCCN2CCOCC2)CC1. The Bertz CT molecular complexity index is 628. The van der Waals surface area contributed by atoms with Gasteiger partial charge < -0.3 is 19.1 Å². The van der Waals surface area contributed by atoms with Crippen LogP contribution >= 0.6 is 0 Å². The van der Waals surface area contributed by atoms with E-state index in [1.165, 1.54) is 25.8 Å². The summed E-state index contributed by atoms with van der Waals surface area (Å²) in [7, 11) is 0. The highest BCUT2D eigenvalue weighted by Gasteiger charge is 2.29. The van der Waals surface area contributed by atoms with Crippen LogP contribution in [-0.4, -0.2) is 74.0 Å². The Morgan fingerprint density at radius 2 is 1.75 bits per heavy atom. The summed E-state index contributed by atoms with van der Waals surface area (Å²) < 4.78 is 17.1. The highest BCUT2D eigenvalue weighted by atomic mass is 16.6. The van der Waals surface area contributed by atoms with Crippen LogP contribution in [0.4, 0.5) is 4.79 Å². The maximum absolute atomic E-state index is 12.6. The first-order valence-corrected chi connectivity index (χ1v) is 12.6. The van der Waals surface area contributed by atoms with E-state index in [2.05, 4.69) is 4.90 Å². The predicted molar refractivity (Wildman–Crippen MR) is 127 cm³/mol. The van der Waals surface area contributed by atoms with Crippen molar-refractivity contribution in [3.05, 3.63) is 35.9 Å². The first-order valence-electron chi connectivity index (χ1n) is 12.6. The van der Waals surface area contributed by atoms with Crippen molar-refractivity contribution < 1.29 is 19.0 Å². The van der Waals surface area contributed by atoms with Crippen molar-refractivity contribution in [2.24, 2.45) is 0 Å². The number of carbonyl (C=O) groups is 1. The maximum atomic E-state index is 12.6. The number of morpholine rings is 1. The zero-order chi connectivity index (χ0) is 22.4. The van der Waals surface area contributed by atoms with E-state index in [4.69, 9.17) is 14.2 Å². The summed E-state index contributed by atoms with van der Waals surface area (Å²) in [6.45, 7) is 9.08. The van der Waals surface area contributed by atoms with Crippen LogP contribution in [0.5, 0.6) is 0 Å². The molecule has 1 saturated heterocycles. The molecule has 180 valence electrons. The van der Waals surface area contributed by atoms with Crippen molar-refractivity contribution >= 4 is 6.09 Å². The monoisotopic (exact) mass is 446 g/mol. The Labute approximate surface area is 194 Å². The molecule has 0 bridgehead atoms. The lowest BCUT2D eigenvalue weighted by molar-refractivity contribution is 0.00389. The first-order chi connectivity index (χ1) is 15.8. The van der Waals surface area contributed by atoms with E-state index in [9.17, 15) is 4.79 Å². The highest BCUT2D eigenvalue weighted by molar-refractivity contribution is 5.68. The van der Waals surface area contributed by atoms with Gasteiger partial charge in [-0.05, 0) is 57.6 Å². The van der Waals surface area contributed by atoms with E-state index in [1.54, 1.807) is 0 Å². The molecule has 1 aliphatic carbocycles. The van der Waals surface area contributed by atoms with Gasteiger partial charge in [0.2, 0.25) is 0 Å². The molecule has 0 atom stereocenters. The Hall–Kier alpha value is -1.63. The van der Waals surface area contributed by atoms with Gasteiger partial charge in [0.15, 0.2) is 0 Å². The maximum Gasteiger partial charge on any atom is 0.410 e. The first kappa shape index (κ1) is 25.0. The van der Waals surface area contributed by atoms with E-state index < -0.39 is 0 Å². The molecular weight excluding hydrogens is 404 g/mol. The molecule has 1 aromatic carbocycles. The lowest BCUT2D eigenvalue weighted by Crippen LogP contribution is -2.43. The number of unbranched alkanes of at least 4 members (excludes halogenated alkanes) is 3. The van der Waals surface area contributed by atoms with Gasteiger partial charge in [-0.2, -0.15) is 0 Å². The molecule has 0 spiro atoms. The number of rotatable bonds is 12. The van der Waals surface area contributed by atoms with Gasteiger partial charge in [0.1, 0.15) is 6.61 Å². The molecule has 2 aliphatic rings. The van der Waals surface area contributed by atoms with Crippen molar-refractivity contribution in [1.82, 2.24) is 9.80 Å². The Morgan fingerprint density at radius 3 is 2.47 bits per heavy atom. The summed E-state index contributed by atoms with van der Waals surface area (Å²) in [5.41, 5.74) is 1.02. The molecule has 6 nitrogen and oxygen atoms in total. The molecule has 0 radical (unpaired) electrons. The molecule has 0 N–H and O–H groups in total. The lowest BCUT2D eigenvalue weighted by atomic mass is 9.92. The molecule has 0 unspecified atom stereocenters. The molecule has 3 rings (SSSR count). The third-order valence-corrected chi connectivity index (χ3v) is 6.69. The minimum atomic E-state index is -0.196. The lowest BCUT2D eigenvalue weighted by Gasteiger charge is -2.35. The fourth-order valence-electron chi connectivity index (χ4n) is 4.73. The van der Waals surface area contributed by atoms with Crippen LogP contribution in [0.15, 0.2) is 30.3 Å². The van der Waals surface area contributed by atoms with Crippen LogP contribution in [0.3, 0.4) is 0 Å². The summed E-state index contributed by atoms with van der Waals surface area (Å²) in [5, 5.41) is 0. The molecule has 2 fully saturated rings. The van der Waals surface area contributed by atoms with Gasteiger partial charge in [-0.15, -0.1) is 0 Å². The molecule has 32 heavy (non-hydrogen) atoms. The number of carbonyl (C=O) groups excluding carboxylic acids is 1. The molecule has 1 aliphatic heterocycles. The summed E-state index contributed by atoms with van der Waals surface area (Å²) >= 11 is 0. The molecule has 1 amide bonds. The van der Waals surface area contributed by atoms with Crippen LogP contribution in [0, 0.1) is 0 Å². The molecular formula is C26H42N2O4. The second kappa shape index (κ2) is 14.5. The topological polar surface area (TPSA) is 51.2 Å². The fraction of sp³-hybridized carbons (Fsp3) is 0.731. The standard InChI is InChI=1S/C26H42N2O4/c1-2-28(26(29)32-22-23-10-6-5-7-11-23)24-12-14-25(15-13-24)31-19-9-4-3-8-16-27-17-20-30-21-18-27/h5-7,10-11,24-25H,2-4,8-9,12-22H2,1H3/t24-,25-. The number of benzene rings is 1. The minimum Gasteiger partial charge on any atom is -0.445 e. The summed E-state index contributed by atoms with van der Waals surface area (Å²) in [5.74, 6) is 0. The number of ether oxygens (including phenoxy) is 3. The third kappa shape index (κ3) is 8.72. The highest BCUT2D eigenvalue weighted by Crippen LogP contribution is 2.26. The van der Waals surface area contributed by atoms with Gasteiger partial charge in [0.05, 0.1) is 19.3 Å². The van der Waals surface area contributed by atoms with Gasteiger partial charge in [0.25, 0.3) is 0 Å². The van der Waals surface area contributed by atoms with Crippen molar-refractivity contribution in [3.63, 3.8) is 0 Å². The molecule has 1 heterocycles. The van der Waals surface area contributed by atoms with Crippen LogP contribution in [0.2, 0.25) is 0 Å². The van der Waals surface area contributed by atoms with Gasteiger partial charge in [-0.1, -0.05) is 43.2 Å². The van der Waals surface area contributed by atoms with Crippen LogP contribution in [-0.2, 0) is 20.8 Å². The van der Waals surface area contributed by atoms with Gasteiger partial charge in [-0.3, -0.25) is 4.90 Å². The van der Waals surface area contributed by atoms with E-state index in [1.807, 2.05) is 42.2 Å². The van der Waals surface area contributed by atoms with E-state index in [0.29, 0.717) is 19.3 Å². The van der Waals surface area contributed by atoms with Gasteiger partial charge in [0, 0.05) is 32.3 Å². The summed E-state index contributed by atoms with van der Waals surface area (Å²) in [6, 6.07) is 10.1. The third-order valence-electron chi connectivity index (χ3n) is 6.69. The van der Waals surface area contributed by atoms with E-state index in [0.717, 1.165) is 70.6 Å². The smallest absolute Gasteiger partial charge is 0.410 e. The number of nitrogens with zero attached hydrogens (tertiary/aromatic N) is 2. The normalized spacial score (nSPS) is 21.9. The van der Waals surface area contributed by atoms with Crippen LogP contribution in [0.1, 0.15) is 63.9 Å². The fourth-order valence-corrected chi connectivity index (χ4v) is 4.73. The van der Waals surface area contributed by atoms with Crippen LogP contribution < -0.4 is 0 Å². The van der Waals surface area contributed by atoms with Crippen molar-refractivity contribution in [1.29, 1.82) is 0 Å². The number of amides is 1. The van der Waals surface area contributed by atoms with Crippen molar-refractivity contribution in [2.75, 3.05) is 46.0 Å². The average Bonchev–Trinajstić information content (AvgIpc) is 2.85. The van der Waals surface area contributed by atoms with Crippen LogP contribution in [0.25, 0.3) is 0 Å². The summed E-state index contributed by atoms with van der Waals surface area (Å²) in [4.78, 5) is 17.0. The predicted octanol–water partition coefficient (Wildman–Crippen LogP) is 4.87. The van der Waals surface area contributed by atoms with Crippen molar-refractivity contribution in [3.8, 4) is 0 Å². The van der Waals surface area contributed by atoms with Crippen molar-refractivity contribution in [2.45, 2.75) is 77.0 Å². The second-order valence-electron chi connectivity index (χ2n) is 9.00.